The number of nitrogens with one attached hydrogen (secondary N) is 1. The van der Waals surface area contributed by atoms with Crippen LogP contribution < -0.4 is 5.32 Å². The van der Waals surface area contributed by atoms with E-state index in [9.17, 15) is 14.9 Å². The van der Waals surface area contributed by atoms with Gasteiger partial charge in [-0.1, -0.05) is 6.07 Å². The molecule has 2 rings (SSSR count). The predicted molar refractivity (Wildman–Crippen MR) is 82.8 cm³/mol. The summed E-state index contributed by atoms with van der Waals surface area (Å²) in [4.78, 5) is 24.7. The van der Waals surface area contributed by atoms with Crippen LogP contribution in [0.4, 0.5) is 11.4 Å². The number of anilines is 1. The molecule has 0 radical (unpaired) electrons. The SMILES string of the molecule is CC1CN(C(C)C(=O)Nc2cccc([N+](=O)[O-])c2)CC(C)O1. The van der Waals surface area contributed by atoms with Crippen LogP contribution in [0.2, 0.25) is 0 Å². The molecule has 0 saturated carbocycles. The van der Waals surface area contributed by atoms with E-state index >= 15 is 0 Å². The Labute approximate surface area is 129 Å². The summed E-state index contributed by atoms with van der Waals surface area (Å²) in [6, 6.07) is 5.62. The quantitative estimate of drug-likeness (QED) is 0.679. The molecule has 0 spiro atoms. The van der Waals surface area contributed by atoms with E-state index in [0.717, 1.165) is 0 Å². The predicted octanol–water partition coefficient (Wildman–Crippen LogP) is 2.03. The van der Waals surface area contributed by atoms with Crippen LogP contribution >= 0.6 is 0 Å². The molecule has 1 aromatic carbocycles. The maximum absolute atomic E-state index is 12.3. The van der Waals surface area contributed by atoms with Crippen LogP contribution in [0.1, 0.15) is 20.8 Å². The Bertz CT molecular complexity index is 553. The number of nitro benzene ring substituents is 1. The fraction of sp³-hybridized carbons (Fsp3) is 0.533. The van der Waals surface area contributed by atoms with Gasteiger partial charge < -0.3 is 10.1 Å². The summed E-state index contributed by atoms with van der Waals surface area (Å²) in [5, 5.41) is 13.5. The largest absolute Gasteiger partial charge is 0.373 e. The van der Waals surface area contributed by atoms with Gasteiger partial charge in [-0.15, -0.1) is 0 Å². The molecule has 0 aromatic heterocycles. The van der Waals surface area contributed by atoms with Crippen molar-refractivity contribution in [3.05, 3.63) is 34.4 Å². The fourth-order valence-corrected chi connectivity index (χ4v) is 2.64. The first-order chi connectivity index (χ1) is 10.4. The molecule has 7 nitrogen and oxygen atoms in total. The Hall–Kier alpha value is -1.99. The molecule has 1 aromatic rings. The number of nitrogens with zero attached hydrogens (tertiary/aromatic N) is 2. The molecule has 1 saturated heterocycles. The highest BCUT2D eigenvalue weighted by Gasteiger charge is 2.29. The molecule has 0 bridgehead atoms. The lowest BCUT2D eigenvalue weighted by Gasteiger charge is -2.38. The molecule has 3 atom stereocenters. The highest BCUT2D eigenvalue weighted by atomic mass is 16.6. The molecule has 1 fully saturated rings. The van der Waals surface area contributed by atoms with Crippen molar-refractivity contribution in [1.82, 2.24) is 4.90 Å². The van der Waals surface area contributed by atoms with E-state index in [1.165, 1.54) is 12.1 Å². The normalized spacial score (nSPS) is 23.8. The standard InChI is InChI=1S/C15H21N3O4/c1-10-8-17(9-11(2)22-10)12(3)15(19)16-13-5-4-6-14(7-13)18(20)21/h4-7,10-12H,8-9H2,1-3H3,(H,16,19). The van der Waals surface area contributed by atoms with Crippen LogP contribution in [-0.2, 0) is 9.53 Å². The molecule has 1 aliphatic rings. The maximum Gasteiger partial charge on any atom is 0.271 e. The van der Waals surface area contributed by atoms with E-state index in [2.05, 4.69) is 10.2 Å². The first kappa shape index (κ1) is 16.4. The third-order valence-corrected chi connectivity index (χ3v) is 3.70. The van der Waals surface area contributed by atoms with Crippen molar-refractivity contribution >= 4 is 17.3 Å². The summed E-state index contributed by atoms with van der Waals surface area (Å²) in [6.45, 7) is 7.17. The van der Waals surface area contributed by atoms with Crippen molar-refractivity contribution in [2.24, 2.45) is 0 Å². The van der Waals surface area contributed by atoms with Crippen molar-refractivity contribution in [3.8, 4) is 0 Å². The number of hydrogen-bond acceptors (Lipinski definition) is 5. The molecule has 1 heterocycles. The van der Waals surface area contributed by atoms with E-state index in [-0.39, 0.29) is 29.8 Å². The number of carbonyl (C=O) groups excluding carboxylic acids is 1. The molecule has 120 valence electrons. The van der Waals surface area contributed by atoms with E-state index in [1.807, 2.05) is 20.8 Å². The Morgan fingerprint density at radius 2 is 2.05 bits per heavy atom. The van der Waals surface area contributed by atoms with Gasteiger partial charge in [-0.25, -0.2) is 0 Å². The summed E-state index contributed by atoms with van der Waals surface area (Å²) >= 11 is 0. The number of non-ortho nitro benzene ring substituents is 1. The minimum atomic E-state index is -0.482. The van der Waals surface area contributed by atoms with E-state index in [0.29, 0.717) is 18.8 Å². The summed E-state index contributed by atoms with van der Waals surface area (Å²) in [7, 11) is 0. The average molecular weight is 307 g/mol. The van der Waals surface area contributed by atoms with E-state index < -0.39 is 4.92 Å². The molecule has 1 amide bonds. The van der Waals surface area contributed by atoms with Gasteiger partial charge in [-0.2, -0.15) is 0 Å². The number of nitro groups is 1. The number of morpholine rings is 1. The van der Waals surface area contributed by atoms with Crippen LogP contribution in [0.3, 0.4) is 0 Å². The highest BCUT2D eigenvalue weighted by Crippen LogP contribution is 2.19. The Balaban J connectivity index is 2.02. The zero-order valence-corrected chi connectivity index (χ0v) is 13.0. The summed E-state index contributed by atoms with van der Waals surface area (Å²) in [5.41, 5.74) is 0.388. The van der Waals surface area contributed by atoms with Gasteiger partial charge in [0.15, 0.2) is 0 Å². The van der Waals surface area contributed by atoms with E-state index in [4.69, 9.17) is 4.74 Å². The number of carbonyl (C=O) groups is 1. The number of amides is 1. The van der Waals surface area contributed by atoms with Crippen LogP contribution in [0.15, 0.2) is 24.3 Å². The van der Waals surface area contributed by atoms with Gasteiger partial charge in [0.05, 0.1) is 23.2 Å². The fourth-order valence-electron chi connectivity index (χ4n) is 2.64. The zero-order valence-electron chi connectivity index (χ0n) is 13.0. The Morgan fingerprint density at radius 3 is 2.64 bits per heavy atom. The Morgan fingerprint density at radius 1 is 1.41 bits per heavy atom. The third-order valence-electron chi connectivity index (χ3n) is 3.70. The van der Waals surface area contributed by atoms with Crippen LogP contribution in [-0.4, -0.2) is 47.1 Å². The number of benzene rings is 1. The first-order valence-electron chi connectivity index (χ1n) is 7.31. The number of rotatable bonds is 4. The lowest BCUT2D eigenvalue weighted by Crippen LogP contribution is -2.52. The molecule has 3 unspecified atom stereocenters. The molecular weight excluding hydrogens is 286 g/mol. The molecule has 1 N–H and O–H groups in total. The minimum Gasteiger partial charge on any atom is -0.373 e. The van der Waals surface area contributed by atoms with Crippen molar-refractivity contribution in [2.75, 3.05) is 18.4 Å². The van der Waals surface area contributed by atoms with Gasteiger partial charge in [-0.05, 0) is 26.8 Å². The van der Waals surface area contributed by atoms with Gasteiger partial charge in [0, 0.05) is 30.9 Å². The number of ether oxygens (including phenoxy) is 1. The second-order valence-corrected chi connectivity index (χ2v) is 5.68. The molecular formula is C15H21N3O4. The first-order valence-corrected chi connectivity index (χ1v) is 7.31. The van der Waals surface area contributed by atoms with Crippen LogP contribution in [0.25, 0.3) is 0 Å². The molecule has 0 aliphatic carbocycles. The third kappa shape index (κ3) is 4.02. The second-order valence-electron chi connectivity index (χ2n) is 5.68. The van der Waals surface area contributed by atoms with Crippen molar-refractivity contribution in [3.63, 3.8) is 0 Å². The maximum atomic E-state index is 12.3. The van der Waals surface area contributed by atoms with Gasteiger partial charge in [-0.3, -0.25) is 19.8 Å². The van der Waals surface area contributed by atoms with Crippen LogP contribution in [0.5, 0.6) is 0 Å². The van der Waals surface area contributed by atoms with Crippen molar-refractivity contribution < 1.29 is 14.5 Å². The summed E-state index contributed by atoms with van der Waals surface area (Å²) in [6.07, 6.45) is 0.161. The van der Waals surface area contributed by atoms with Crippen molar-refractivity contribution in [1.29, 1.82) is 0 Å². The lowest BCUT2D eigenvalue weighted by atomic mass is 10.1. The zero-order chi connectivity index (χ0) is 16.3. The van der Waals surface area contributed by atoms with Gasteiger partial charge >= 0.3 is 0 Å². The second kappa shape index (κ2) is 6.85. The van der Waals surface area contributed by atoms with E-state index in [1.54, 1.807) is 12.1 Å². The van der Waals surface area contributed by atoms with Gasteiger partial charge in [0.25, 0.3) is 5.69 Å². The van der Waals surface area contributed by atoms with Crippen LogP contribution in [0, 0.1) is 10.1 Å². The monoisotopic (exact) mass is 307 g/mol. The average Bonchev–Trinajstić information content (AvgIpc) is 2.45. The van der Waals surface area contributed by atoms with Gasteiger partial charge in [0.1, 0.15) is 0 Å². The minimum absolute atomic E-state index is 0.0425. The Kier molecular flexibility index (Phi) is 5.10. The molecule has 22 heavy (non-hydrogen) atoms. The molecule has 1 aliphatic heterocycles. The summed E-state index contributed by atoms with van der Waals surface area (Å²) < 4.78 is 5.66. The van der Waals surface area contributed by atoms with Gasteiger partial charge in [0.2, 0.25) is 5.91 Å². The smallest absolute Gasteiger partial charge is 0.271 e. The van der Waals surface area contributed by atoms with Crippen molar-refractivity contribution in [2.45, 2.75) is 39.0 Å². The molecule has 7 heteroatoms. The summed E-state index contributed by atoms with van der Waals surface area (Å²) in [5.74, 6) is -0.179. The topological polar surface area (TPSA) is 84.7 Å². The lowest BCUT2D eigenvalue weighted by molar-refractivity contribution is -0.384. The highest BCUT2D eigenvalue weighted by molar-refractivity contribution is 5.94. The number of hydrogen-bond donors (Lipinski definition) is 1.